The van der Waals surface area contributed by atoms with Crippen LogP contribution < -0.4 is 5.32 Å². The van der Waals surface area contributed by atoms with Crippen LogP contribution in [-0.4, -0.2) is 51.3 Å². The molecular formula is C12H26N2O. The molecule has 15 heavy (non-hydrogen) atoms. The van der Waals surface area contributed by atoms with Gasteiger partial charge in [0.1, 0.15) is 0 Å². The molecule has 1 saturated carbocycles. The molecule has 0 aromatic carbocycles. The van der Waals surface area contributed by atoms with E-state index in [4.69, 9.17) is 4.74 Å². The van der Waals surface area contributed by atoms with Crippen LogP contribution in [0.1, 0.15) is 26.2 Å². The van der Waals surface area contributed by atoms with E-state index in [-0.39, 0.29) is 0 Å². The molecule has 1 atom stereocenters. The molecule has 1 fully saturated rings. The Balaban J connectivity index is 2.01. The van der Waals surface area contributed by atoms with Crippen molar-refractivity contribution in [3.8, 4) is 0 Å². The summed E-state index contributed by atoms with van der Waals surface area (Å²) >= 11 is 0. The first-order chi connectivity index (χ1) is 7.24. The van der Waals surface area contributed by atoms with Gasteiger partial charge in [-0.1, -0.05) is 6.42 Å². The van der Waals surface area contributed by atoms with Gasteiger partial charge in [-0.3, -0.25) is 0 Å². The van der Waals surface area contributed by atoms with E-state index in [2.05, 4.69) is 24.2 Å². The van der Waals surface area contributed by atoms with Crippen molar-refractivity contribution in [2.45, 2.75) is 32.2 Å². The molecule has 3 nitrogen and oxygen atoms in total. The molecule has 0 saturated heterocycles. The van der Waals surface area contributed by atoms with Gasteiger partial charge in [0, 0.05) is 32.8 Å². The lowest BCUT2D eigenvalue weighted by Gasteiger charge is -2.33. The molecule has 0 aromatic rings. The van der Waals surface area contributed by atoms with Crippen LogP contribution >= 0.6 is 0 Å². The van der Waals surface area contributed by atoms with Gasteiger partial charge in [-0.15, -0.1) is 0 Å². The Morgan fingerprint density at radius 3 is 2.73 bits per heavy atom. The summed E-state index contributed by atoms with van der Waals surface area (Å²) in [6.45, 7) is 6.38. The third-order valence-corrected chi connectivity index (χ3v) is 3.45. The van der Waals surface area contributed by atoms with Crippen molar-refractivity contribution in [3.05, 3.63) is 0 Å². The molecule has 3 heteroatoms. The molecule has 1 rings (SSSR count). The molecule has 0 aliphatic heterocycles. The number of likely N-dealkylation sites (N-methyl/N-ethyl adjacent to an activating group) is 1. The highest BCUT2D eigenvalue weighted by atomic mass is 16.5. The Morgan fingerprint density at radius 2 is 2.20 bits per heavy atom. The van der Waals surface area contributed by atoms with Gasteiger partial charge < -0.3 is 15.0 Å². The van der Waals surface area contributed by atoms with Gasteiger partial charge in [-0.05, 0) is 32.7 Å². The van der Waals surface area contributed by atoms with Crippen LogP contribution in [-0.2, 0) is 4.74 Å². The Morgan fingerprint density at radius 1 is 1.47 bits per heavy atom. The fourth-order valence-corrected chi connectivity index (χ4v) is 1.90. The zero-order valence-electron chi connectivity index (χ0n) is 10.5. The van der Waals surface area contributed by atoms with Crippen molar-refractivity contribution in [1.29, 1.82) is 0 Å². The highest BCUT2D eigenvalue weighted by Crippen LogP contribution is 2.27. The number of hydrogen-bond acceptors (Lipinski definition) is 3. The predicted molar refractivity (Wildman–Crippen MR) is 64.2 cm³/mol. The largest absolute Gasteiger partial charge is 0.383 e. The summed E-state index contributed by atoms with van der Waals surface area (Å²) in [6, 6.07) is 0.627. The topological polar surface area (TPSA) is 24.5 Å². The highest BCUT2D eigenvalue weighted by Gasteiger charge is 2.20. The smallest absolute Gasteiger partial charge is 0.0587 e. The van der Waals surface area contributed by atoms with Crippen LogP contribution in [0.15, 0.2) is 0 Å². The molecule has 0 bridgehead atoms. The van der Waals surface area contributed by atoms with E-state index in [0.29, 0.717) is 6.04 Å². The second-order valence-corrected chi connectivity index (χ2v) is 4.78. The second kappa shape index (κ2) is 7.20. The monoisotopic (exact) mass is 214 g/mol. The van der Waals surface area contributed by atoms with Gasteiger partial charge in [0.05, 0.1) is 6.61 Å². The Labute approximate surface area is 94.2 Å². The van der Waals surface area contributed by atoms with E-state index < -0.39 is 0 Å². The van der Waals surface area contributed by atoms with Crippen molar-refractivity contribution in [2.75, 3.05) is 40.4 Å². The normalized spacial score (nSPS) is 19.2. The van der Waals surface area contributed by atoms with Crippen LogP contribution in [0.5, 0.6) is 0 Å². The fourth-order valence-electron chi connectivity index (χ4n) is 1.90. The lowest BCUT2D eigenvalue weighted by atomic mass is 9.85. The molecule has 0 spiro atoms. The van der Waals surface area contributed by atoms with Crippen molar-refractivity contribution in [1.82, 2.24) is 10.2 Å². The van der Waals surface area contributed by atoms with Crippen molar-refractivity contribution in [2.24, 2.45) is 5.92 Å². The maximum atomic E-state index is 5.00. The summed E-state index contributed by atoms with van der Waals surface area (Å²) < 4.78 is 5.00. The first kappa shape index (κ1) is 12.9. The molecule has 0 heterocycles. The van der Waals surface area contributed by atoms with Crippen molar-refractivity contribution in [3.63, 3.8) is 0 Å². The quantitative estimate of drug-likeness (QED) is 0.617. The van der Waals surface area contributed by atoms with Gasteiger partial charge in [-0.25, -0.2) is 0 Å². The molecule has 1 N–H and O–H groups in total. The summed E-state index contributed by atoms with van der Waals surface area (Å²) in [7, 11) is 3.98. The molecule has 90 valence electrons. The molecule has 1 unspecified atom stereocenters. The fraction of sp³-hybridized carbons (Fsp3) is 1.00. The molecule has 1 aliphatic carbocycles. The summed E-state index contributed by atoms with van der Waals surface area (Å²) in [6.07, 6.45) is 4.32. The van der Waals surface area contributed by atoms with E-state index in [1.54, 1.807) is 7.11 Å². The first-order valence-electron chi connectivity index (χ1n) is 6.14. The standard InChI is InChI=1S/C12H26N2O/c1-11(9-13-7-8-15-3)14(2)10-12-5-4-6-12/h11-13H,4-10H2,1-3H3. The minimum Gasteiger partial charge on any atom is -0.383 e. The lowest BCUT2D eigenvalue weighted by Crippen LogP contribution is -2.42. The Bertz CT molecular complexity index is 160. The Hall–Kier alpha value is -0.120. The molecule has 0 radical (unpaired) electrons. The van der Waals surface area contributed by atoms with Crippen LogP contribution in [0.25, 0.3) is 0 Å². The van der Waals surface area contributed by atoms with Crippen LogP contribution in [0.3, 0.4) is 0 Å². The maximum Gasteiger partial charge on any atom is 0.0587 e. The van der Waals surface area contributed by atoms with Crippen LogP contribution in [0.2, 0.25) is 0 Å². The van der Waals surface area contributed by atoms with Gasteiger partial charge >= 0.3 is 0 Å². The van der Waals surface area contributed by atoms with Gasteiger partial charge in [0.15, 0.2) is 0 Å². The van der Waals surface area contributed by atoms with Gasteiger partial charge in [0.2, 0.25) is 0 Å². The summed E-state index contributed by atoms with van der Waals surface area (Å²) in [4.78, 5) is 2.48. The van der Waals surface area contributed by atoms with Crippen LogP contribution in [0.4, 0.5) is 0 Å². The average molecular weight is 214 g/mol. The SMILES string of the molecule is COCCNCC(C)N(C)CC1CCC1. The zero-order valence-corrected chi connectivity index (χ0v) is 10.5. The Kier molecular flexibility index (Phi) is 6.22. The van der Waals surface area contributed by atoms with Gasteiger partial charge in [-0.2, -0.15) is 0 Å². The van der Waals surface area contributed by atoms with E-state index in [1.807, 2.05) is 0 Å². The van der Waals surface area contributed by atoms with E-state index >= 15 is 0 Å². The second-order valence-electron chi connectivity index (χ2n) is 4.78. The number of nitrogens with one attached hydrogen (secondary N) is 1. The number of rotatable bonds is 8. The van der Waals surface area contributed by atoms with Gasteiger partial charge in [0.25, 0.3) is 0 Å². The molecule has 0 aromatic heterocycles. The summed E-state index contributed by atoms with van der Waals surface area (Å²) in [5.41, 5.74) is 0. The zero-order chi connectivity index (χ0) is 11.1. The minimum absolute atomic E-state index is 0.627. The molecular weight excluding hydrogens is 188 g/mol. The maximum absolute atomic E-state index is 5.00. The number of ether oxygens (including phenoxy) is 1. The number of methoxy groups -OCH3 is 1. The number of hydrogen-bond donors (Lipinski definition) is 1. The van der Waals surface area contributed by atoms with Crippen molar-refractivity contribution >= 4 is 0 Å². The average Bonchev–Trinajstić information content (AvgIpc) is 2.17. The van der Waals surface area contributed by atoms with E-state index in [1.165, 1.54) is 25.8 Å². The summed E-state index contributed by atoms with van der Waals surface area (Å²) in [5.74, 6) is 0.969. The lowest BCUT2D eigenvalue weighted by molar-refractivity contribution is 0.161. The third-order valence-electron chi connectivity index (χ3n) is 3.45. The molecule has 0 amide bonds. The third kappa shape index (κ3) is 4.96. The van der Waals surface area contributed by atoms with E-state index in [0.717, 1.165) is 25.6 Å². The first-order valence-corrected chi connectivity index (χ1v) is 6.14. The van der Waals surface area contributed by atoms with Crippen molar-refractivity contribution < 1.29 is 4.74 Å². The highest BCUT2D eigenvalue weighted by molar-refractivity contribution is 4.75. The minimum atomic E-state index is 0.627. The van der Waals surface area contributed by atoms with Crippen LogP contribution in [0, 0.1) is 5.92 Å². The number of nitrogens with zero attached hydrogens (tertiary/aromatic N) is 1. The molecule has 1 aliphatic rings. The summed E-state index contributed by atoms with van der Waals surface area (Å²) in [5, 5.41) is 3.41. The van der Waals surface area contributed by atoms with E-state index in [9.17, 15) is 0 Å². The predicted octanol–water partition coefficient (Wildman–Crippen LogP) is 1.34.